The minimum Gasteiger partial charge on any atom is -0.497 e. The van der Waals surface area contributed by atoms with E-state index < -0.39 is 0 Å². The van der Waals surface area contributed by atoms with Crippen LogP contribution < -0.4 is 15.0 Å². The van der Waals surface area contributed by atoms with Crippen LogP contribution in [0.5, 0.6) is 5.75 Å². The highest BCUT2D eigenvalue weighted by Crippen LogP contribution is 2.20. The molecule has 2 aliphatic rings. The fourth-order valence-electron chi connectivity index (χ4n) is 4.03. The van der Waals surface area contributed by atoms with Gasteiger partial charge in [0.25, 0.3) is 0 Å². The lowest BCUT2D eigenvalue weighted by Gasteiger charge is -2.36. The summed E-state index contributed by atoms with van der Waals surface area (Å²) in [6, 6.07) is 8.16. The van der Waals surface area contributed by atoms with E-state index in [1.165, 1.54) is 5.69 Å². The Morgan fingerprint density at radius 3 is 2.52 bits per heavy atom. The van der Waals surface area contributed by atoms with Crippen molar-refractivity contribution >= 4 is 11.6 Å². The Balaban J connectivity index is 1.35. The number of hydrogen-bond acceptors (Lipinski definition) is 6. The molecule has 2 saturated heterocycles. The van der Waals surface area contributed by atoms with Crippen LogP contribution in [-0.4, -0.2) is 94.4 Å². The Morgan fingerprint density at radius 1 is 1.14 bits per heavy atom. The van der Waals surface area contributed by atoms with Crippen LogP contribution in [0.4, 0.5) is 5.69 Å². The van der Waals surface area contributed by atoms with Crippen molar-refractivity contribution in [3.05, 3.63) is 24.3 Å². The fourth-order valence-corrected chi connectivity index (χ4v) is 4.03. The van der Waals surface area contributed by atoms with Crippen LogP contribution in [0, 0.1) is 5.92 Å². The Morgan fingerprint density at radius 2 is 1.86 bits per heavy atom. The predicted molar refractivity (Wildman–Crippen MR) is 116 cm³/mol. The molecule has 1 unspecified atom stereocenters. The van der Waals surface area contributed by atoms with Crippen LogP contribution in [0.3, 0.4) is 0 Å². The van der Waals surface area contributed by atoms with Crippen LogP contribution in [0.25, 0.3) is 0 Å². The molecular weight excluding hydrogens is 368 g/mol. The van der Waals surface area contributed by atoms with Gasteiger partial charge in [-0.1, -0.05) is 13.8 Å². The highest BCUT2D eigenvalue weighted by Gasteiger charge is 2.23. The number of carbonyl (C=O) groups is 1. The second-order valence-corrected chi connectivity index (χ2v) is 8.41. The maximum absolute atomic E-state index is 12.4. The molecule has 162 valence electrons. The van der Waals surface area contributed by atoms with Gasteiger partial charge in [-0.2, -0.15) is 0 Å². The summed E-state index contributed by atoms with van der Waals surface area (Å²) in [5, 5.41) is 3.07. The molecule has 0 aliphatic carbocycles. The van der Waals surface area contributed by atoms with Crippen LogP contribution in [0.2, 0.25) is 0 Å². The van der Waals surface area contributed by atoms with Gasteiger partial charge in [-0.3, -0.25) is 14.6 Å². The number of rotatable bonds is 8. The van der Waals surface area contributed by atoms with Crippen molar-refractivity contribution in [2.75, 3.05) is 77.5 Å². The first-order valence-corrected chi connectivity index (χ1v) is 10.8. The van der Waals surface area contributed by atoms with Gasteiger partial charge >= 0.3 is 0 Å². The Labute approximate surface area is 174 Å². The lowest BCUT2D eigenvalue weighted by atomic mass is 10.2. The fraction of sp³-hybridized carbons (Fsp3) is 0.682. The van der Waals surface area contributed by atoms with Crippen molar-refractivity contribution in [3.63, 3.8) is 0 Å². The summed E-state index contributed by atoms with van der Waals surface area (Å²) in [7, 11) is 1.68. The summed E-state index contributed by atoms with van der Waals surface area (Å²) in [5.74, 6) is 1.62. The van der Waals surface area contributed by atoms with E-state index in [9.17, 15) is 4.79 Å². The number of amides is 1. The summed E-state index contributed by atoms with van der Waals surface area (Å²) >= 11 is 0. The largest absolute Gasteiger partial charge is 0.497 e. The van der Waals surface area contributed by atoms with Gasteiger partial charge in [0.2, 0.25) is 5.91 Å². The zero-order chi connectivity index (χ0) is 20.6. The van der Waals surface area contributed by atoms with Crippen molar-refractivity contribution < 1.29 is 14.3 Å². The summed E-state index contributed by atoms with van der Waals surface area (Å²) in [4.78, 5) is 19.4. The molecule has 7 nitrogen and oxygen atoms in total. The number of carbonyl (C=O) groups excluding carboxylic acids is 1. The summed E-state index contributed by atoms with van der Waals surface area (Å²) in [6.45, 7) is 12.9. The maximum atomic E-state index is 12.4. The van der Waals surface area contributed by atoms with Gasteiger partial charge < -0.3 is 19.7 Å². The van der Waals surface area contributed by atoms with Crippen molar-refractivity contribution in [3.8, 4) is 5.75 Å². The summed E-state index contributed by atoms with van der Waals surface area (Å²) in [5.41, 5.74) is 1.20. The number of anilines is 1. The zero-order valence-corrected chi connectivity index (χ0v) is 18.1. The molecule has 1 amide bonds. The average Bonchev–Trinajstić information content (AvgIpc) is 2.73. The normalized spacial score (nSPS) is 21.4. The quantitative estimate of drug-likeness (QED) is 0.705. The van der Waals surface area contributed by atoms with Gasteiger partial charge in [-0.15, -0.1) is 0 Å². The van der Waals surface area contributed by atoms with Gasteiger partial charge in [0, 0.05) is 58.0 Å². The molecule has 1 N–H and O–H groups in total. The second kappa shape index (κ2) is 10.8. The molecule has 2 fully saturated rings. The summed E-state index contributed by atoms with van der Waals surface area (Å²) < 4.78 is 11.0. The number of hydrogen-bond donors (Lipinski definition) is 1. The number of morpholine rings is 1. The third-order valence-corrected chi connectivity index (χ3v) is 5.55. The maximum Gasteiger partial charge on any atom is 0.234 e. The number of benzene rings is 1. The number of methoxy groups -OCH3 is 1. The van der Waals surface area contributed by atoms with Gasteiger partial charge in [-0.05, 0) is 30.2 Å². The van der Waals surface area contributed by atoms with Crippen molar-refractivity contribution in [1.82, 2.24) is 15.1 Å². The van der Waals surface area contributed by atoms with Crippen LogP contribution >= 0.6 is 0 Å². The van der Waals surface area contributed by atoms with E-state index in [0.717, 1.165) is 58.2 Å². The van der Waals surface area contributed by atoms with Crippen LogP contribution in [-0.2, 0) is 9.53 Å². The monoisotopic (exact) mass is 404 g/mol. The van der Waals surface area contributed by atoms with Gasteiger partial charge in [-0.25, -0.2) is 0 Å². The van der Waals surface area contributed by atoms with Crippen LogP contribution in [0.15, 0.2) is 24.3 Å². The Bertz CT molecular complexity index is 629. The predicted octanol–water partition coefficient (Wildman–Crippen LogP) is 1.29. The van der Waals surface area contributed by atoms with E-state index in [4.69, 9.17) is 9.47 Å². The number of ether oxygens (including phenoxy) is 2. The number of nitrogens with one attached hydrogen (secondary N) is 1. The first-order valence-electron chi connectivity index (χ1n) is 10.8. The Kier molecular flexibility index (Phi) is 8.15. The smallest absolute Gasteiger partial charge is 0.234 e. The van der Waals surface area contributed by atoms with Gasteiger partial charge in [0.1, 0.15) is 5.75 Å². The molecule has 29 heavy (non-hydrogen) atoms. The third-order valence-electron chi connectivity index (χ3n) is 5.55. The van der Waals surface area contributed by atoms with Crippen molar-refractivity contribution in [2.45, 2.75) is 20.0 Å². The number of piperazine rings is 1. The first kappa shape index (κ1) is 21.9. The minimum atomic E-state index is 0.0903. The highest BCUT2D eigenvalue weighted by molar-refractivity contribution is 5.78. The average molecular weight is 405 g/mol. The van der Waals surface area contributed by atoms with E-state index in [1.807, 2.05) is 12.1 Å². The molecule has 1 aromatic carbocycles. The molecule has 0 bridgehead atoms. The van der Waals surface area contributed by atoms with E-state index in [0.29, 0.717) is 19.0 Å². The van der Waals surface area contributed by atoms with Gasteiger partial charge in [0.05, 0.1) is 26.4 Å². The molecule has 1 aromatic rings. The summed E-state index contributed by atoms with van der Waals surface area (Å²) in [6.07, 6.45) is 0.0957. The molecule has 0 saturated carbocycles. The van der Waals surface area contributed by atoms with E-state index in [-0.39, 0.29) is 12.0 Å². The molecule has 2 aliphatic heterocycles. The number of nitrogens with zero attached hydrogens (tertiary/aromatic N) is 3. The highest BCUT2D eigenvalue weighted by atomic mass is 16.5. The van der Waals surface area contributed by atoms with Crippen LogP contribution in [0.1, 0.15) is 13.8 Å². The van der Waals surface area contributed by atoms with E-state index >= 15 is 0 Å². The molecule has 0 spiro atoms. The van der Waals surface area contributed by atoms with E-state index in [2.05, 4.69) is 46.0 Å². The lowest BCUT2D eigenvalue weighted by molar-refractivity contribution is -0.123. The third kappa shape index (κ3) is 6.87. The minimum absolute atomic E-state index is 0.0903. The molecular formula is C22H36N4O3. The van der Waals surface area contributed by atoms with Gasteiger partial charge in [0.15, 0.2) is 0 Å². The second-order valence-electron chi connectivity index (χ2n) is 8.41. The van der Waals surface area contributed by atoms with Crippen molar-refractivity contribution in [1.29, 1.82) is 0 Å². The standard InChI is InChI=1S/C22H36N4O3/c1-18(2)15-25-12-13-29-21(16-25)14-23-22(27)17-24-8-10-26(11-9-24)19-4-6-20(28-3)7-5-19/h4-7,18,21H,8-17H2,1-3H3,(H,23,27). The molecule has 1 atom stereocenters. The molecule has 2 heterocycles. The molecule has 3 rings (SSSR count). The zero-order valence-electron chi connectivity index (χ0n) is 18.1. The molecule has 0 radical (unpaired) electrons. The first-order chi connectivity index (χ1) is 14.0. The SMILES string of the molecule is COc1ccc(N2CCN(CC(=O)NCC3CN(CC(C)C)CCO3)CC2)cc1. The van der Waals surface area contributed by atoms with Crippen molar-refractivity contribution in [2.24, 2.45) is 5.92 Å². The topological polar surface area (TPSA) is 57.3 Å². The lowest BCUT2D eigenvalue weighted by Crippen LogP contribution is -2.51. The Hall–Kier alpha value is -1.83. The van der Waals surface area contributed by atoms with E-state index in [1.54, 1.807) is 7.11 Å². The molecule has 0 aromatic heterocycles. The molecule has 7 heteroatoms.